The van der Waals surface area contributed by atoms with Gasteiger partial charge in [0.15, 0.2) is 0 Å². The van der Waals surface area contributed by atoms with Gasteiger partial charge in [0.05, 0.1) is 17.7 Å². The van der Waals surface area contributed by atoms with Crippen molar-refractivity contribution in [1.82, 2.24) is 4.31 Å². The highest BCUT2D eigenvalue weighted by Crippen LogP contribution is 2.27. The third-order valence-electron chi connectivity index (χ3n) is 4.97. The van der Waals surface area contributed by atoms with Crippen molar-refractivity contribution in [1.29, 1.82) is 0 Å². The van der Waals surface area contributed by atoms with Crippen molar-refractivity contribution >= 4 is 27.5 Å². The molecule has 9 heteroatoms. The molecular formula is C20H23N3O5S. The molecule has 0 saturated carbocycles. The van der Waals surface area contributed by atoms with Crippen molar-refractivity contribution in [2.45, 2.75) is 17.7 Å². The quantitative estimate of drug-likeness (QED) is 0.743. The summed E-state index contributed by atoms with van der Waals surface area (Å²) in [5.41, 5.74) is 6.02. The largest absolute Gasteiger partial charge is 0.495 e. The number of nitrogens with two attached hydrogens (primary N) is 1. The summed E-state index contributed by atoms with van der Waals surface area (Å²) >= 11 is 0. The second-order valence-corrected chi connectivity index (χ2v) is 8.69. The number of piperidine rings is 1. The fourth-order valence-electron chi connectivity index (χ4n) is 3.28. The number of methoxy groups -OCH3 is 1. The van der Waals surface area contributed by atoms with E-state index in [4.69, 9.17) is 10.5 Å². The molecule has 3 rings (SSSR count). The number of hydrogen-bond donors (Lipinski definition) is 2. The molecule has 0 atom stereocenters. The highest BCUT2D eigenvalue weighted by molar-refractivity contribution is 7.89. The van der Waals surface area contributed by atoms with Gasteiger partial charge in [0.2, 0.25) is 21.8 Å². The number of carbonyl (C=O) groups excluding carboxylic acids is 2. The van der Waals surface area contributed by atoms with E-state index in [2.05, 4.69) is 5.32 Å². The number of carbonyl (C=O) groups is 2. The Bertz CT molecular complexity index is 997. The number of primary amides is 1. The molecule has 0 spiro atoms. The molecular weight excluding hydrogens is 394 g/mol. The molecule has 1 fully saturated rings. The van der Waals surface area contributed by atoms with Gasteiger partial charge in [-0.15, -0.1) is 0 Å². The number of anilines is 1. The average Bonchev–Trinajstić information content (AvgIpc) is 2.74. The molecule has 3 N–H and O–H groups in total. The summed E-state index contributed by atoms with van der Waals surface area (Å²) in [6.07, 6.45) is 0.833. The van der Waals surface area contributed by atoms with Gasteiger partial charge in [-0.25, -0.2) is 8.42 Å². The van der Waals surface area contributed by atoms with Crippen LogP contribution in [-0.4, -0.2) is 44.7 Å². The van der Waals surface area contributed by atoms with Crippen LogP contribution in [0.5, 0.6) is 5.75 Å². The molecule has 0 unspecified atom stereocenters. The second-order valence-electron chi connectivity index (χ2n) is 6.76. The predicted molar refractivity (Wildman–Crippen MR) is 108 cm³/mol. The van der Waals surface area contributed by atoms with Crippen molar-refractivity contribution in [3.63, 3.8) is 0 Å². The Morgan fingerprint density at radius 1 is 1.07 bits per heavy atom. The SMILES string of the molecule is COc1ccccc1NC(=O)C1CCN(S(=O)(=O)c2ccc(C(N)=O)cc2)CC1. The third-order valence-corrected chi connectivity index (χ3v) is 6.88. The highest BCUT2D eigenvalue weighted by atomic mass is 32.2. The molecule has 1 aliphatic rings. The topological polar surface area (TPSA) is 119 Å². The highest BCUT2D eigenvalue weighted by Gasteiger charge is 2.32. The molecule has 2 amide bonds. The maximum Gasteiger partial charge on any atom is 0.248 e. The molecule has 2 aromatic rings. The van der Waals surface area contributed by atoms with E-state index in [0.717, 1.165) is 0 Å². The standard InChI is InChI=1S/C20H23N3O5S/c1-28-18-5-3-2-4-17(18)22-20(25)15-10-12-23(13-11-15)29(26,27)16-8-6-14(7-9-16)19(21)24/h2-9,15H,10-13H2,1H3,(H2,21,24)(H,22,25). The monoisotopic (exact) mass is 417 g/mol. The van der Waals surface area contributed by atoms with E-state index in [1.165, 1.54) is 35.7 Å². The van der Waals surface area contributed by atoms with Crippen LogP contribution >= 0.6 is 0 Å². The van der Waals surface area contributed by atoms with Crippen LogP contribution in [-0.2, 0) is 14.8 Å². The zero-order valence-electron chi connectivity index (χ0n) is 16.0. The van der Waals surface area contributed by atoms with E-state index in [1.54, 1.807) is 18.2 Å². The third kappa shape index (κ3) is 4.57. The molecule has 0 radical (unpaired) electrons. The Morgan fingerprint density at radius 3 is 2.28 bits per heavy atom. The Labute approximate surface area is 169 Å². The number of rotatable bonds is 6. The first-order valence-electron chi connectivity index (χ1n) is 9.17. The van der Waals surface area contributed by atoms with Crippen LogP contribution in [0.1, 0.15) is 23.2 Å². The van der Waals surface area contributed by atoms with E-state index >= 15 is 0 Å². The van der Waals surface area contributed by atoms with Crippen molar-refractivity contribution < 1.29 is 22.7 Å². The van der Waals surface area contributed by atoms with Crippen LogP contribution in [0.15, 0.2) is 53.4 Å². The lowest BCUT2D eigenvalue weighted by molar-refractivity contribution is -0.120. The van der Waals surface area contributed by atoms with Crippen molar-refractivity contribution in [2.24, 2.45) is 11.7 Å². The number of nitrogens with one attached hydrogen (secondary N) is 1. The van der Waals surface area contributed by atoms with Crippen LogP contribution in [0.25, 0.3) is 0 Å². The predicted octanol–water partition coefficient (Wildman–Crippen LogP) is 1.83. The molecule has 29 heavy (non-hydrogen) atoms. The van der Waals surface area contributed by atoms with Gasteiger partial charge in [-0.1, -0.05) is 12.1 Å². The van der Waals surface area contributed by atoms with E-state index in [0.29, 0.717) is 24.3 Å². The zero-order valence-corrected chi connectivity index (χ0v) is 16.8. The molecule has 0 bridgehead atoms. The van der Waals surface area contributed by atoms with E-state index in [9.17, 15) is 18.0 Å². The lowest BCUT2D eigenvalue weighted by atomic mass is 9.97. The van der Waals surface area contributed by atoms with Crippen LogP contribution in [0.3, 0.4) is 0 Å². The van der Waals surface area contributed by atoms with Crippen LogP contribution in [0, 0.1) is 5.92 Å². The van der Waals surface area contributed by atoms with Crippen LogP contribution in [0.4, 0.5) is 5.69 Å². The van der Waals surface area contributed by atoms with Crippen molar-refractivity contribution in [2.75, 3.05) is 25.5 Å². The second kappa shape index (κ2) is 8.62. The Balaban J connectivity index is 1.63. The van der Waals surface area contributed by atoms with E-state index in [-0.39, 0.29) is 35.4 Å². The zero-order chi connectivity index (χ0) is 21.0. The average molecular weight is 417 g/mol. The van der Waals surface area contributed by atoms with E-state index < -0.39 is 15.9 Å². The Morgan fingerprint density at radius 2 is 1.69 bits per heavy atom. The van der Waals surface area contributed by atoms with Gasteiger partial charge in [-0.2, -0.15) is 4.31 Å². The van der Waals surface area contributed by atoms with Crippen molar-refractivity contribution in [3.05, 3.63) is 54.1 Å². The maximum atomic E-state index is 12.8. The molecule has 0 aromatic heterocycles. The number of nitrogens with zero attached hydrogens (tertiary/aromatic N) is 1. The molecule has 2 aromatic carbocycles. The minimum atomic E-state index is -3.69. The first-order chi connectivity index (χ1) is 13.8. The first kappa shape index (κ1) is 20.8. The summed E-state index contributed by atoms with van der Waals surface area (Å²) in [6.45, 7) is 0.480. The molecule has 0 aliphatic carbocycles. The fraction of sp³-hybridized carbons (Fsp3) is 0.300. The van der Waals surface area contributed by atoms with Gasteiger partial charge in [-0.3, -0.25) is 9.59 Å². The van der Waals surface area contributed by atoms with E-state index in [1.807, 2.05) is 6.07 Å². The number of sulfonamides is 1. The van der Waals surface area contributed by atoms with Gasteiger partial charge in [-0.05, 0) is 49.2 Å². The molecule has 1 saturated heterocycles. The molecule has 154 valence electrons. The number of ether oxygens (including phenoxy) is 1. The van der Waals surface area contributed by atoms with Crippen LogP contribution < -0.4 is 15.8 Å². The summed E-state index contributed by atoms with van der Waals surface area (Å²) < 4.78 is 32.2. The van der Waals surface area contributed by atoms with Gasteiger partial charge >= 0.3 is 0 Å². The number of hydrogen-bond acceptors (Lipinski definition) is 5. The smallest absolute Gasteiger partial charge is 0.248 e. The van der Waals surface area contributed by atoms with Gasteiger partial charge in [0, 0.05) is 24.6 Å². The number of amides is 2. The number of benzene rings is 2. The number of para-hydroxylation sites is 2. The van der Waals surface area contributed by atoms with Crippen LogP contribution in [0.2, 0.25) is 0 Å². The van der Waals surface area contributed by atoms with Crippen molar-refractivity contribution in [3.8, 4) is 5.75 Å². The molecule has 1 aliphatic heterocycles. The Hall–Kier alpha value is -2.91. The maximum absolute atomic E-state index is 12.8. The summed E-state index contributed by atoms with van der Waals surface area (Å²) in [7, 11) is -2.16. The summed E-state index contributed by atoms with van der Waals surface area (Å²) in [5.74, 6) is -0.489. The molecule has 1 heterocycles. The summed E-state index contributed by atoms with van der Waals surface area (Å²) in [4.78, 5) is 23.8. The molecule has 8 nitrogen and oxygen atoms in total. The lowest BCUT2D eigenvalue weighted by Gasteiger charge is -2.30. The minimum absolute atomic E-state index is 0.0967. The fourth-order valence-corrected chi connectivity index (χ4v) is 4.75. The Kier molecular flexibility index (Phi) is 6.19. The summed E-state index contributed by atoms with van der Waals surface area (Å²) in [5, 5.41) is 2.86. The van der Waals surface area contributed by atoms with Gasteiger partial charge < -0.3 is 15.8 Å². The first-order valence-corrected chi connectivity index (χ1v) is 10.6. The van der Waals surface area contributed by atoms with Gasteiger partial charge in [0.1, 0.15) is 5.75 Å². The summed E-state index contributed by atoms with van der Waals surface area (Å²) in [6, 6.07) is 12.7. The van der Waals surface area contributed by atoms with Gasteiger partial charge in [0.25, 0.3) is 0 Å². The minimum Gasteiger partial charge on any atom is -0.495 e. The lowest BCUT2D eigenvalue weighted by Crippen LogP contribution is -2.41. The normalized spacial score (nSPS) is 15.6.